The zero-order valence-corrected chi connectivity index (χ0v) is 20.1. The SMILES string of the molecule is CCOCCC(NC(=O)CN(C)C)c1[nH]nc2c(Nc3cc(C)ccn3)nc(N(C)C)nc12. The Morgan fingerprint density at radius 2 is 2.00 bits per heavy atom. The zero-order valence-electron chi connectivity index (χ0n) is 20.1. The molecule has 11 heteroatoms. The summed E-state index contributed by atoms with van der Waals surface area (Å²) in [6.07, 6.45) is 2.32. The lowest BCUT2D eigenvalue weighted by Crippen LogP contribution is -2.36. The molecule has 178 valence electrons. The van der Waals surface area contributed by atoms with E-state index in [1.54, 1.807) is 6.20 Å². The first-order chi connectivity index (χ1) is 15.8. The quantitative estimate of drug-likeness (QED) is 0.372. The summed E-state index contributed by atoms with van der Waals surface area (Å²) in [6, 6.07) is 3.52. The van der Waals surface area contributed by atoms with E-state index in [2.05, 4.69) is 30.8 Å². The van der Waals surface area contributed by atoms with Crippen molar-refractivity contribution < 1.29 is 9.53 Å². The molecule has 0 spiro atoms. The summed E-state index contributed by atoms with van der Waals surface area (Å²) in [5.41, 5.74) is 2.99. The van der Waals surface area contributed by atoms with Gasteiger partial charge >= 0.3 is 0 Å². The average molecular weight is 456 g/mol. The van der Waals surface area contributed by atoms with Crippen LogP contribution in [0.15, 0.2) is 18.3 Å². The van der Waals surface area contributed by atoms with Crippen LogP contribution in [-0.2, 0) is 9.53 Å². The van der Waals surface area contributed by atoms with Crippen molar-refractivity contribution in [3.63, 3.8) is 0 Å². The number of aromatic nitrogens is 5. The first kappa shape index (κ1) is 24.3. The summed E-state index contributed by atoms with van der Waals surface area (Å²) in [7, 11) is 7.46. The lowest BCUT2D eigenvalue weighted by Gasteiger charge is -2.19. The largest absolute Gasteiger partial charge is 0.382 e. The van der Waals surface area contributed by atoms with Gasteiger partial charge < -0.3 is 25.2 Å². The molecule has 33 heavy (non-hydrogen) atoms. The van der Waals surface area contributed by atoms with Crippen molar-refractivity contribution in [1.82, 2.24) is 35.4 Å². The summed E-state index contributed by atoms with van der Waals surface area (Å²) in [6.45, 7) is 5.32. The van der Waals surface area contributed by atoms with E-state index in [9.17, 15) is 4.79 Å². The Morgan fingerprint density at radius 1 is 1.21 bits per heavy atom. The molecule has 0 aromatic carbocycles. The third-order valence-electron chi connectivity index (χ3n) is 4.88. The second kappa shape index (κ2) is 11.0. The van der Waals surface area contributed by atoms with Gasteiger partial charge in [-0.15, -0.1) is 0 Å². The third kappa shape index (κ3) is 6.36. The van der Waals surface area contributed by atoms with Gasteiger partial charge in [-0.3, -0.25) is 9.89 Å². The van der Waals surface area contributed by atoms with Crippen LogP contribution in [0.4, 0.5) is 17.6 Å². The summed E-state index contributed by atoms with van der Waals surface area (Å²) in [5.74, 6) is 1.63. The highest BCUT2D eigenvalue weighted by Crippen LogP contribution is 2.29. The first-order valence-electron chi connectivity index (χ1n) is 10.9. The van der Waals surface area contributed by atoms with Gasteiger partial charge in [-0.1, -0.05) is 0 Å². The minimum atomic E-state index is -0.344. The van der Waals surface area contributed by atoms with Crippen LogP contribution >= 0.6 is 0 Å². The minimum Gasteiger partial charge on any atom is -0.382 e. The Labute approximate surface area is 194 Å². The molecule has 0 aliphatic rings. The molecule has 0 fully saturated rings. The maximum Gasteiger partial charge on any atom is 0.234 e. The smallest absolute Gasteiger partial charge is 0.234 e. The Balaban J connectivity index is 2.02. The highest BCUT2D eigenvalue weighted by Gasteiger charge is 2.24. The topological polar surface area (TPSA) is 124 Å². The molecule has 3 N–H and O–H groups in total. The highest BCUT2D eigenvalue weighted by molar-refractivity contribution is 5.90. The lowest BCUT2D eigenvalue weighted by molar-refractivity contribution is -0.122. The van der Waals surface area contributed by atoms with E-state index >= 15 is 0 Å². The number of amides is 1. The van der Waals surface area contributed by atoms with Crippen molar-refractivity contribution in [2.24, 2.45) is 0 Å². The predicted molar refractivity (Wildman–Crippen MR) is 129 cm³/mol. The maximum atomic E-state index is 12.6. The number of pyridine rings is 1. The van der Waals surface area contributed by atoms with E-state index in [1.807, 2.05) is 64.0 Å². The van der Waals surface area contributed by atoms with Crippen molar-refractivity contribution in [2.75, 3.05) is 58.2 Å². The van der Waals surface area contributed by atoms with Gasteiger partial charge in [-0.2, -0.15) is 10.1 Å². The van der Waals surface area contributed by atoms with Gasteiger partial charge in [0.25, 0.3) is 0 Å². The maximum absolute atomic E-state index is 12.6. The van der Waals surface area contributed by atoms with Gasteiger partial charge in [0, 0.05) is 33.5 Å². The molecule has 1 atom stereocenters. The van der Waals surface area contributed by atoms with Crippen molar-refractivity contribution in [2.45, 2.75) is 26.3 Å². The molecule has 11 nitrogen and oxygen atoms in total. The molecular weight excluding hydrogens is 422 g/mol. The fraction of sp³-hybridized carbons (Fsp3) is 0.500. The van der Waals surface area contributed by atoms with Crippen LogP contribution in [-0.4, -0.2) is 83.9 Å². The van der Waals surface area contributed by atoms with Crippen LogP contribution in [0.2, 0.25) is 0 Å². The number of anilines is 3. The molecule has 1 amide bonds. The number of nitrogens with zero attached hydrogens (tertiary/aromatic N) is 6. The fourth-order valence-corrected chi connectivity index (χ4v) is 3.32. The summed E-state index contributed by atoms with van der Waals surface area (Å²) in [4.78, 5) is 29.9. The summed E-state index contributed by atoms with van der Waals surface area (Å²) < 4.78 is 5.56. The number of H-pyrrole nitrogens is 1. The number of rotatable bonds is 11. The van der Waals surface area contributed by atoms with E-state index in [4.69, 9.17) is 9.72 Å². The van der Waals surface area contributed by atoms with Gasteiger partial charge in [0.15, 0.2) is 11.3 Å². The van der Waals surface area contributed by atoms with Crippen molar-refractivity contribution >= 4 is 34.5 Å². The Kier molecular flexibility index (Phi) is 8.12. The normalized spacial score (nSPS) is 12.2. The van der Waals surface area contributed by atoms with Gasteiger partial charge in [0.05, 0.1) is 18.3 Å². The summed E-state index contributed by atoms with van der Waals surface area (Å²) in [5, 5.41) is 13.9. The number of hydrogen-bond donors (Lipinski definition) is 3. The third-order valence-corrected chi connectivity index (χ3v) is 4.88. The lowest BCUT2D eigenvalue weighted by atomic mass is 10.1. The first-order valence-corrected chi connectivity index (χ1v) is 10.9. The molecule has 3 aromatic heterocycles. The molecule has 3 rings (SSSR count). The molecule has 0 radical (unpaired) electrons. The molecule has 1 unspecified atom stereocenters. The van der Waals surface area contributed by atoms with Crippen LogP contribution in [0.25, 0.3) is 11.0 Å². The van der Waals surface area contributed by atoms with Crippen molar-refractivity contribution in [1.29, 1.82) is 0 Å². The van der Waals surface area contributed by atoms with E-state index in [0.29, 0.717) is 53.9 Å². The number of nitrogens with one attached hydrogen (secondary N) is 3. The molecule has 0 aliphatic carbocycles. The average Bonchev–Trinajstić information content (AvgIpc) is 3.17. The highest BCUT2D eigenvalue weighted by atomic mass is 16.5. The molecular formula is C22H33N9O2. The van der Waals surface area contributed by atoms with E-state index in [1.165, 1.54) is 0 Å². The van der Waals surface area contributed by atoms with E-state index in [-0.39, 0.29) is 18.5 Å². The zero-order chi connectivity index (χ0) is 24.0. The number of likely N-dealkylation sites (N-methyl/N-ethyl adjacent to an activating group) is 1. The Bertz CT molecular complexity index is 1080. The number of aryl methyl sites for hydroxylation is 1. The minimum absolute atomic E-state index is 0.0894. The van der Waals surface area contributed by atoms with Crippen LogP contribution in [0, 0.1) is 6.92 Å². The van der Waals surface area contributed by atoms with Crippen LogP contribution < -0.4 is 15.5 Å². The molecule has 0 saturated heterocycles. The van der Waals surface area contributed by atoms with Crippen molar-refractivity contribution in [3.05, 3.63) is 29.6 Å². The van der Waals surface area contributed by atoms with E-state index < -0.39 is 0 Å². The second-order valence-corrected chi connectivity index (χ2v) is 8.29. The molecule has 0 saturated carbocycles. The number of fused-ring (bicyclic) bond motifs is 1. The Morgan fingerprint density at radius 3 is 2.67 bits per heavy atom. The van der Waals surface area contributed by atoms with Crippen LogP contribution in [0.1, 0.15) is 30.6 Å². The predicted octanol–water partition coefficient (Wildman–Crippen LogP) is 2.01. The summed E-state index contributed by atoms with van der Waals surface area (Å²) >= 11 is 0. The van der Waals surface area contributed by atoms with E-state index in [0.717, 1.165) is 5.56 Å². The van der Waals surface area contributed by atoms with Gasteiger partial charge in [-0.25, -0.2) is 9.97 Å². The number of ether oxygens (including phenoxy) is 1. The Hall–Kier alpha value is -3.31. The standard InChI is InChI=1S/C22H33N9O2/c1-7-33-11-9-15(24-17(32)13-30(3)4)18-19-20(29-28-18)21(27-22(26-19)31(5)6)25-16-12-14(2)8-10-23-16/h8,10,12,15H,7,9,11,13H2,1-6H3,(H,24,32)(H,28,29)(H,23,25,26,27). The van der Waals surface area contributed by atoms with Crippen molar-refractivity contribution in [3.8, 4) is 0 Å². The molecule has 0 bridgehead atoms. The molecule has 0 aliphatic heterocycles. The second-order valence-electron chi connectivity index (χ2n) is 8.29. The number of aromatic amines is 1. The monoisotopic (exact) mass is 455 g/mol. The van der Waals surface area contributed by atoms with Crippen LogP contribution in [0.3, 0.4) is 0 Å². The van der Waals surface area contributed by atoms with Gasteiger partial charge in [0.2, 0.25) is 11.9 Å². The van der Waals surface area contributed by atoms with Gasteiger partial charge in [0.1, 0.15) is 11.3 Å². The number of carbonyl (C=O) groups excluding carboxylic acids is 1. The molecule has 3 heterocycles. The van der Waals surface area contributed by atoms with Gasteiger partial charge in [-0.05, 0) is 52.1 Å². The van der Waals surface area contributed by atoms with Crippen LogP contribution in [0.5, 0.6) is 0 Å². The molecule has 3 aromatic rings. The number of carbonyl (C=O) groups is 1. The number of hydrogen-bond acceptors (Lipinski definition) is 9. The fourth-order valence-electron chi connectivity index (χ4n) is 3.32.